The van der Waals surface area contributed by atoms with E-state index in [9.17, 15) is 18.0 Å². The third-order valence-corrected chi connectivity index (χ3v) is 3.20. The van der Waals surface area contributed by atoms with E-state index in [-0.39, 0.29) is 5.56 Å². The van der Waals surface area contributed by atoms with E-state index >= 15 is 0 Å². The van der Waals surface area contributed by atoms with Gasteiger partial charge in [-0.3, -0.25) is 4.79 Å². The number of carbonyl (C=O) groups excluding carboxylic acids is 1. The molecule has 0 saturated heterocycles. The molecular weight excluding hydrogens is 279 g/mol. The van der Waals surface area contributed by atoms with Gasteiger partial charge in [-0.05, 0) is 37.1 Å². The molecule has 2 nitrogen and oxygen atoms in total. The highest BCUT2D eigenvalue weighted by Crippen LogP contribution is 2.32. The second kappa shape index (κ2) is 5.60. The first-order valence-corrected chi connectivity index (χ1v) is 6.34. The van der Waals surface area contributed by atoms with Crippen LogP contribution in [0.2, 0.25) is 0 Å². The Balaban J connectivity index is 2.38. The number of rotatable bonds is 2. The number of hydrogen-bond acceptors (Lipinski definition) is 1. The zero-order chi connectivity index (χ0) is 15.6. The van der Waals surface area contributed by atoms with Gasteiger partial charge in [0.15, 0.2) is 0 Å². The van der Waals surface area contributed by atoms with Gasteiger partial charge in [-0.2, -0.15) is 13.2 Å². The molecule has 2 aromatic carbocycles. The lowest BCUT2D eigenvalue weighted by molar-refractivity contribution is -0.137. The summed E-state index contributed by atoms with van der Waals surface area (Å²) < 4.78 is 38.8. The van der Waals surface area contributed by atoms with Crippen molar-refractivity contribution < 1.29 is 18.0 Å². The van der Waals surface area contributed by atoms with Crippen LogP contribution in [0.4, 0.5) is 18.9 Å². The molecule has 110 valence electrons. The van der Waals surface area contributed by atoms with E-state index in [0.717, 1.165) is 17.2 Å². The molecule has 0 fully saturated rings. The SMILES string of the molecule is Cc1cccc(C)c1NC(=O)c1ccccc1C(F)(F)F. The number of hydrogen-bond donors (Lipinski definition) is 1. The lowest BCUT2D eigenvalue weighted by atomic mass is 10.0. The van der Waals surface area contributed by atoms with Crippen LogP contribution in [0, 0.1) is 13.8 Å². The molecule has 0 aromatic heterocycles. The van der Waals surface area contributed by atoms with Gasteiger partial charge >= 0.3 is 6.18 Å². The normalized spacial score (nSPS) is 11.3. The first kappa shape index (κ1) is 15.1. The van der Waals surface area contributed by atoms with Crippen molar-refractivity contribution in [3.8, 4) is 0 Å². The summed E-state index contributed by atoms with van der Waals surface area (Å²) in [6.45, 7) is 3.58. The van der Waals surface area contributed by atoms with Gasteiger partial charge in [0.05, 0.1) is 11.1 Å². The van der Waals surface area contributed by atoms with Crippen molar-refractivity contribution >= 4 is 11.6 Å². The molecule has 0 spiro atoms. The maximum Gasteiger partial charge on any atom is 0.417 e. The molecule has 5 heteroatoms. The van der Waals surface area contributed by atoms with E-state index in [2.05, 4.69) is 5.32 Å². The number of para-hydroxylation sites is 1. The highest BCUT2D eigenvalue weighted by molar-refractivity contribution is 6.06. The zero-order valence-electron chi connectivity index (χ0n) is 11.6. The standard InChI is InChI=1S/C16H14F3NO/c1-10-6-5-7-11(2)14(10)20-15(21)12-8-3-4-9-13(12)16(17,18)19/h3-9H,1-2H3,(H,20,21). The Labute approximate surface area is 120 Å². The third kappa shape index (κ3) is 3.24. The minimum Gasteiger partial charge on any atom is -0.321 e. The number of amides is 1. The predicted octanol–water partition coefficient (Wildman–Crippen LogP) is 4.57. The largest absolute Gasteiger partial charge is 0.417 e. The highest BCUT2D eigenvalue weighted by atomic mass is 19.4. The molecule has 0 aliphatic rings. The maximum absolute atomic E-state index is 12.9. The summed E-state index contributed by atoms with van der Waals surface area (Å²) in [6, 6.07) is 10.2. The Bertz CT molecular complexity index is 657. The van der Waals surface area contributed by atoms with Gasteiger partial charge in [-0.1, -0.05) is 30.3 Å². The van der Waals surface area contributed by atoms with E-state index in [1.165, 1.54) is 18.2 Å². The van der Waals surface area contributed by atoms with E-state index in [1.807, 2.05) is 6.07 Å². The summed E-state index contributed by atoms with van der Waals surface area (Å²) in [5.74, 6) is -0.764. The Morgan fingerprint density at radius 1 is 0.952 bits per heavy atom. The van der Waals surface area contributed by atoms with Crippen LogP contribution in [-0.4, -0.2) is 5.91 Å². The summed E-state index contributed by atoms with van der Waals surface area (Å²) in [5.41, 5.74) is 0.821. The summed E-state index contributed by atoms with van der Waals surface area (Å²) in [5, 5.41) is 2.57. The minimum absolute atomic E-state index is 0.382. The quantitative estimate of drug-likeness (QED) is 0.863. The van der Waals surface area contributed by atoms with Crippen molar-refractivity contribution in [1.82, 2.24) is 0 Å². The minimum atomic E-state index is -4.56. The van der Waals surface area contributed by atoms with Gasteiger partial charge in [0.25, 0.3) is 5.91 Å². The van der Waals surface area contributed by atoms with Crippen molar-refractivity contribution in [3.05, 3.63) is 64.7 Å². The molecule has 0 unspecified atom stereocenters. The molecular formula is C16H14F3NO. The molecule has 2 rings (SSSR count). The smallest absolute Gasteiger partial charge is 0.321 e. The predicted molar refractivity (Wildman–Crippen MR) is 75.3 cm³/mol. The number of alkyl halides is 3. The lowest BCUT2D eigenvalue weighted by Crippen LogP contribution is -2.19. The summed E-state index contributed by atoms with van der Waals surface area (Å²) >= 11 is 0. The Kier molecular flexibility index (Phi) is 4.02. The van der Waals surface area contributed by atoms with Crippen LogP contribution in [0.15, 0.2) is 42.5 Å². The summed E-state index contributed by atoms with van der Waals surface area (Å²) in [4.78, 5) is 12.2. The number of anilines is 1. The van der Waals surface area contributed by atoms with Gasteiger partial charge in [-0.25, -0.2) is 0 Å². The van der Waals surface area contributed by atoms with Gasteiger partial charge in [0.2, 0.25) is 0 Å². The molecule has 0 radical (unpaired) electrons. The van der Waals surface area contributed by atoms with E-state index < -0.39 is 17.6 Å². The van der Waals surface area contributed by atoms with E-state index in [0.29, 0.717) is 5.69 Å². The molecule has 1 N–H and O–H groups in total. The van der Waals surface area contributed by atoms with E-state index in [1.54, 1.807) is 26.0 Å². The number of nitrogens with one attached hydrogen (secondary N) is 1. The average molecular weight is 293 g/mol. The van der Waals surface area contributed by atoms with Crippen LogP contribution in [-0.2, 0) is 6.18 Å². The van der Waals surface area contributed by atoms with Crippen molar-refractivity contribution in [2.24, 2.45) is 0 Å². The average Bonchev–Trinajstić information content (AvgIpc) is 2.42. The molecule has 0 aliphatic carbocycles. The Hall–Kier alpha value is -2.30. The number of benzene rings is 2. The molecule has 0 bridgehead atoms. The fourth-order valence-electron chi connectivity index (χ4n) is 2.12. The van der Waals surface area contributed by atoms with Crippen molar-refractivity contribution in [1.29, 1.82) is 0 Å². The van der Waals surface area contributed by atoms with Crippen LogP contribution in [0.5, 0.6) is 0 Å². The molecule has 0 heterocycles. The lowest BCUT2D eigenvalue weighted by Gasteiger charge is -2.15. The molecule has 0 saturated carbocycles. The first-order valence-electron chi connectivity index (χ1n) is 6.34. The van der Waals surface area contributed by atoms with E-state index in [4.69, 9.17) is 0 Å². The molecule has 21 heavy (non-hydrogen) atoms. The first-order chi connectivity index (χ1) is 9.80. The molecule has 1 amide bonds. The monoisotopic (exact) mass is 293 g/mol. The summed E-state index contributed by atoms with van der Waals surface area (Å²) in [7, 11) is 0. The van der Waals surface area contributed by atoms with Crippen LogP contribution in [0.25, 0.3) is 0 Å². The Morgan fingerprint density at radius 3 is 2.10 bits per heavy atom. The highest BCUT2D eigenvalue weighted by Gasteiger charge is 2.34. The van der Waals surface area contributed by atoms with Gasteiger partial charge < -0.3 is 5.32 Å². The number of carbonyl (C=O) groups is 1. The van der Waals surface area contributed by atoms with Crippen LogP contribution in [0.1, 0.15) is 27.0 Å². The topological polar surface area (TPSA) is 29.1 Å². The summed E-state index contributed by atoms with van der Waals surface area (Å²) in [6.07, 6.45) is -4.56. The second-order valence-corrected chi connectivity index (χ2v) is 4.76. The van der Waals surface area contributed by atoms with Crippen LogP contribution >= 0.6 is 0 Å². The van der Waals surface area contributed by atoms with Crippen molar-refractivity contribution in [3.63, 3.8) is 0 Å². The number of halogens is 3. The molecule has 0 atom stereocenters. The second-order valence-electron chi connectivity index (χ2n) is 4.76. The molecule has 0 aliphatic heterocycles. The number of aryl methyl sites for hydroxylation is 2. The van der Waals surface area contributed by atoms with Gasteiger partial charge in [0.1, 0.15) is 0 Å². The van der Waals surface area contributed by atoms with Crippen molar-refractivity contribution in [2.75, 3.05) is 5.32 Å². The van der Waals surface area contributed by atoms with Crippen LogP contribution in [0.3, 0.4) is 0 Å². The Morgan fingerprint density at radius 2 is 1.52 bits per heavy atom. The fraction of sp³-hybridized carbons (Fsp3) is 0.188. The fourth-order valence-corrected chi connectivity index (χ4v) is 2.12. The van der Waals surface area contributed by atoms with Crippen molar-refractivity contribution in [2.45, 2.75) is 20.0 Å². The third-order valence-electron chi connectivity index (χ3n) is 3.20. The zero-order valence-corrected chi connectivity index (χ0v) is 11.6. The van der Waals surface area contributed by atoms with Gasteiger partial charge in [-0.15, -0.1) is 0 Å². The molecule has 2 aromatic rings. The maximum atomic E-state index is 12.9. The van der Waals surface area contributed by atoms with Crippen LogP contribution < -0.4 is 5.32 Å². The van der Waals surface area contributed by atoms with Gasteiger partial charge in [0, 0.05) is 5.69 Å².